The predicted octanol–water partition coefficient (Wildman–Crippen LogP) is 1.46. The number of nitrogens with zero attached hydrogens (tertiary/aromatic N) is 3. The summed E-state index contributed by atoms with van der Waals surface area (Å²) in [6, 6.07) is 0. The van der Waals surface area contributed by atoms with Crippen LogP contribution in [0.3, 0.4) is 0 Å². The van der Waals surface area contributed by atoms with Crippen LogP contribution in [0.5, 0.6) is 0 Å². The zero-order chi connectivity index (χ0) is 13.3. The van der Waals surface area contributed by atoms with Crippen LogP contribution in [0.15, 0.2) is 6.33 Å². The number of rotatable bonds is 3. The molecule has 6 heteroatoms. The van der Waals surface area contributed by atoms with Crippen LogP contribution in [-0.4, -0.2) is 36.9 Å². The van der Waals surface area contributed by atoms with Crippen molar-refractivity contribution in [2.24, 2.45) is 0 Å². The highest BCUT2D eigenvalue weighted by Gasteiger charge is 2.31. The standard InChI is InChI=1S/C12H21N3O2S/c1-9-10(5-6-17-9)18(16)7-11-13-8-14-15(11)12(2,3)4/h8-10H,5-7H2,1-4H3. The van der Waals surface area contributed by atoms with E-state index in [4.69, 9.17) is 4.74 Å². The van der Waals surface area contributed by atoms with Gasteiger partial charge in [-0.05, 0) is 34.1 Å². The fourth-order valence-electron chi connectivity index (χ4n) is 2.22. The molecule has 1 aromatic rings. The maximum absolute atomic E-state index is 12.4. The summed E-state index contributed by atoms with van der Waals surface area (Å²) in [6.07, 6.45) is 2.49. The summed E-state index contributed by atoms with van der Waals surface area (Å²) in [5.41, 5.74) is -0.131. The first-order valence-corrected chi connectivity index (χ1v) is 7.66. The quantitative estimate of drug-likeness (QED) is 0.835. The molecule has 0 aliphatic carbocycles. The topological polar surface area (TPSA) is 57.0 Å². The van der Waals surface area contributed by atoms with Crippen molar-refractivity contribution in [3.8, 4) is 0 Å². The van der Waals surface area contributed by atoms with Gasteiger partial charge >= 0.3 is 0 Å². The van der Waals surface area contributed by atoms with Gasteiger partial charge in [0.15, 0.2) is 0 Å². The van der Waals surface area contributed by atoms with Gasteiger partial charge in [0.2, 0.25) is 0 Å². The van der Waals surface area contributed by atoms with E-state index in [9.17, 15) is 4.21 Å². The first kappa shape index (κ1) is 13.7. The third kappa shape index (κ3) is 2.80. The Kier molecular flexibility index (Phi) is 3.87. The van der Waals surface area contributed by atoms with Gasteiger partial charge in [0.1, 0.15) is 12.2 Å². The van der Waals surface area contributed by atoms with Crippen molar-refractivity contribution < 1.29 is 8.95 Å². The lowest BCUT2D eigenvalue weighted by Crippen LogP contribution is -2.29. The summed E-state index contributed by atoms with van der Waals surface area (Å²) in [7, 11) is -0.948. The lowest BCUT2D eigenvalue weighted by molar-refractivity contribution is 0.127. The van der Waals surface area contributed by atoms with Crippen LogP contribution >= 0.6 is 0 Å². The van der Waals surface area contributed by atoms with Crippen molar-refractivity contribution >= 4 is 10.8 Å². The summed E-state index contributed by atoms with van der Waals surface area (Å²) in [5, 5.41) is 4.35. The zero-order valence-electron chi connectivity index (χ0n) is 11.4. The molecule has 2 rings (SSSR count). The molecule has 18 heavy (non-hydrogen) atoms. The van der Waals surface area contributed by atoms with E-state index in [0.717, 1.165) is 12.2 Å². The molecule has 0 aromatic carbocycles. The molecule has 2 heterocycles. The molecule has 5 nitrogen and oxygen atoms in total. The fourth-order valence-corrected chi connectivity index (χ4v) is 3.75. The van der Waals surface area contributed by atoms with E-state index < -0.39 is 10.8 Å². The van der Waals surface area contributed by atoms with Gasteiger partial charge in [-0.15, -0.1) is 0 Å². The lowest BCUT2D eigenvalue weighted by atomic mass is 10.1. The minimum Gasteiger partial charge on any atom is -0.377 e. The van der Waals surface area contributed by atoms with E-state index >= 15 is 0 Å². The Bertz CT molecular complexity index is 439. The Morgan fingerprint density at radius 2 is 2.28 bits per heavy atom. The minimum atomic E-state index is -0.948. The molecule has 0 spiro atoms. The zero-order valence-corrected chi connectivity index (χ0v) is 12.2. The number of hydrogen-bond donors (Lipinski definition) is 0. The maximum Gasteiger partial charge on any atom is 0.140 e. The van der Waals surface area contributed by atoms with Gasteiger partial charge in [0, 0.05) is 17.4 Å². The molecule has 0 saturated carbocycles. The Hall–Kier alpha value is -0.750. The monoisotopic (exact) mass is 271 g/mol. The molecular weight excluding hydrogens is 250 g/mol. The van der Waals surface area contributed by atoms with Crippen LogP contribution in [0, 0.1) is 0 Å². The van der Waals surface area contributed by atoms with Crippen LogP contribution in [0.1, 0.15) is 39.9 Å². The maximum atomic E-state index is 12.4. The van der Waals surface area contributed by atoms with Crippen molar-refractivity contribution in [2.75, 3.05) is 6.61 Å². The van der Waals surface area contributed by atoms with Crippen LogP contribution < -0.4 is 0 Å². The van der Waals surface area contributed by atoms with E-state index in [-0.39, 0.29) is 16.9 Å². The van der Waals surface area contributed by atoms with Crippen LogP contribution in [-0.2, 0) is 26.8 Å². The Morgan fingerprint density at radius 1 is 1.56 bits per heavy atom. The highest BCUT2D eigenvalue weighted by molar-refractivity contribution is 7.84. The summed E-state index contributed by atoms with van der Waals surface area (Å²) in [5.74, 6) is 1.25. The van der Waals surface area contributed by atoms with Crippen LogP contribution in [0.4, 0.5) is 0 Å². The van der Waals surface area contributed by atoms with Gasteiger partial charge in [-0.25, -0.2) is 9.67 Å². The van der Waals surface area contributed by atoms with Gasteiger partial charge in [-0.1, -0.05) is 0 Å². The van der Waals surface area contributed by atoms with Crippen molar-refractivity contribution in [2.45, 2.75) is 56.8 Å². The minimum absolute atomic E-state index is 0.0804. The molecule has 0 N–H and O–H groups in total. The first-order valence-electron chi connectivity index (χ1n) is 6.28. The second-order valence-corrected chi connectivity index (χ2v) is 7.34. The number of ether oxygens (including phenoxy) is 1. The van der Waals surface area contributed by atoms with E-state index in [1.54, 1.807) is 0 Å². The summed E-state index contributed by atoms with van der Waals surface area (Å²) < 4.78 is 19.7. The van der Waals surface area contributed by atoms with Crippen molar-refractivity contribution in [3.05, 3.63) is 12.2 Å². The third-order valence-corrected chi connectivity index (χ3v) is 5.01. The smallest absolute Gasteiger partial charge is 0.140 e. The molecule has 1 fully saturated rings. The van der Waals surface area contributed by atoms with E-state index in [0.29, 0.717) is 12.4 Å². The molecule has 0 bridgehead atoms. The average molecular weight is 271 g/mol. The van der Waals surface area contributed by atoms with Gasteiger partial charge in [0.05, 0.1) is 22.6 Å². The molecular formula is C12H21N3O2S. The van der Waals surface area contributed by atoms with Crippen molar-refractivity contribution in [1.82, 2.24) is 14.8 Å². The van der Waals surface area contributed by atoms with E-state index in [2.05, 4.69) is 30.9 Å². The second kappa shape index (κ2) is 5.09. The molecule has 0 amide bonds. The van der Waals surface area contributed by atoms with Gasteiger partial charge < -0.3 is 4.74 Å². The van der Waals surface area contributed by atoms with Crippen LogP contribution in [0.2, 0.25) is 0 Å². The summed E-state index contributed by atoms with van der Waals surface area (Å²) in [6.45, 7) is 8.90. The van der Waals surface area contributed by atoms with E-state index in [1.165, 1.54) is 6.33 Å². The Morgan fingerprint density at radius 3 is 2.83 bits per heavy atom. The number of aromatic nitrogens is 3. The van der Waals surface area contributed by atoms with Crippen molar-refractivity contribution in [3.63, 3.8) is 0 Å². The highest BCUT2D eigenvalue weighted by Crippen LogP contribution is 2.22. The molecule has 102 valence electrons. The SMILES string of the molecule is CC1OCCC1S(=O)Cc1ncnn1C(C)(C)C. The Labute approximate surface area is 110 Å². The molecule has 3 atom stereocenters. The lowest BCUT2D eigenvalue weighted by Gasteiger charge is -2.21. The number of hydrogen-bond acceptors (Lipinski definition) is 4. The van der Waals surface area contributed by atoms with Crippen molar-refractivity contribution in [1.29, 1.82) is 0 Å². The van der Waals surface area contributed by atoms with Gasteiger partial charge in [-0.3, -0.25) is 4.21 Å². The molecule has 1 aromatic heterocycles. The average Bonchev–Trinajstić information content (AvgIpc) is 2.85. The van der Waals surface area contributed by atoms with Gasteiger partial charge in [0.25, 0.3) is 0 Å². The third-order valence-electron chi connectivity index (χ3n) is 3.17. The van der Waals surface area contributed by atoms with Crippen LogP contribution in [0.25, 0.3) is 0 Å². The predicted molar refractivity (Wildman–Crippen MR) is 70.7 cm³/mol. The molecule has 1 aliphatic heterocycles. The fraction of sp³-hybridized carbons (Fsp3) is 0.833. The molecule has 3 unspecified atom stereocenters. The highest BCUT2D eigenvalue weighted by atomic mass is 32.2. The second-order valence-electron chi connectivity index (χ2n) is 5.69. The summed E-state index contributed by atoms with van der Waals surface area (Å²) in [4.78, 5) is 4.24. The normalized spacial score (nSPS) is 26.4. The molecule has 1 saturated heterocycles. The largest absolute Gasteiger partial charge is 0.377 e. The molecule has 0 radical (unpaired) electrons. The van der Waals surface area contributed by atoms with E-state index in [1.807, 2.05) is 11.6 Å². The summed E-state index contributed by atoms with van der Waals surface area (Å²) >= 11 is 0. The molecule has 1 aliphatic rings. The first-order chi connectivity index (χ1) is 8.39. The Balaban J connectivity index is 2.10. The van der Waals surface area contributed by atoms with Gasteiger partial charge in [-0.2, -0.15) is 5.10 Å².